The Balaban J connectivity index is 2.04. The number of anilines is 1. The zero-order valence-corrected chi connectivity index (χ0v) is 10.9. The molecule has 1 aromatic carbocycles. The van der Waals surface area contributed by atoms with Gasteiger partial charge in [0, 0.05) is 18.8 Å². The summed E-state index contributed by atoms with van der Waals surface area (Å²) in [5.74, 6) is 0.441. The van der Waals surface area contributed by atoms with E-state index in [0.29, 0.717) is 5.92 Å². The molecule has 0 saturated carbocycles. The van der Waals surface area contributed by atoms with Gasteiger partial charge in [0.1, 0.15) is 0 Å². The third kappa shape index (κ3) is 2.20. The highest BCUT2D eigenvalue weighted by atomic mass is 19.4. The van der Waals surface area contributed by atoms with E-state index in [4.69, 9.17) is 0 Å². The number of halogens is 3. The van der Waals surface area contributed by atoms with Crippen molar-refractivity contribution in [3.05, 3.63) is 29.8 Å². The van der Waals surface area contributed by atoms with Crippen molar-refractivity contribution in [3.63, 3.8) is 0 Å². The number of alkyl halides is 3. The maximum Gasteiger partial charge on any atom is 0.397 e. The molecule has 0 N–H and O–H groups in total. The molecule has 1 aliphatic rings. The quantitative estimate of drug-likeness (QED) is 0.767. The van der Waals surface area contributed by atoms with E-state index in [1.807, 2.05) is 24.3 Å². The van der Waals surface area contributed by atoms with Crippen LogP contribution in [0, 0.1) is 5.41 Å². The van der Waals surface area contributed by atoms with Gasteiger partial charge in [0.2, 0.25) is 0 Å². The van der Waals surface area contributed by atoms with Gasteiger partial charge in [-0.25, -0.2) is 0 Å². The van der Waals surface area contributed by atoms with Gasteiger partial charge in [-0.1, -0.05) is 26.0 Å². The lowest BCUT2D eigenvalue weighted by Crippen LogP contribution is -2.62. The second kappa shape index (κ2) is 4.18. The molecule has 1 nitrogen and oxygen atoms in total. The summed E-state index contributed by atoms with van der Waals surface area (Å²) in [6.45, 7) is 5.58. The van der Waals surface area contributed by atoms with Crippen molar-refractivity contribution in [2.45, 2.75) is 32.9 Å². The second-order valence-electron chi connectivity index (χ2n) is 5.66. The van der Waals surface area contributed by atoms with E-state index in [1.165, 1.54) is 12.5 Å². The second-order valence-corrected chi connectivity index (χ2v) is 5.66. The standard InChI is InChI=1S/C14H18F3N/c1-10(2)11-4-6-12(7-5-11)18-8-13(3,9-18)14(15,16)17/h4-7,10H,8-9H2,1-3H3. The van der Waals surface area contributed by atoms with Crippen LogP contribution in [0.5, 0.6) is 0 Å². The molecule has 0 bridgehead atoms. The molecule has 18 heavy (non-hydrogen) atoms. The number of hydrogen-bond donors (Lipinski definition) is 0. The Kier molecular flexibility index (Phi) is 3.07. The molecule has 0 aromatic heterocycles. The average molecular weight is 257 g/mol. The zero-order chi connectivity index (χ0) is 13.6. The van der Waals surface area contributed by atoms with E-state index in [-0.39, 0.29) is 13.1 Å². The molecular weight excluding hydrogens is 239 g/mol. The summed E-state index contributed by atoms with van der Waals surface area (Å²) in [5.41, 5.74) is 0.531. The molecule has 0 amide bonds. The molecular formula is C14H18F3N. The number of rotatable bonds is 2. The van der Waals surface area contributed by atoms with Gasteiger partial charge >= 0.3 is 6.18 Å². The minimum Gasteiger partial charge on any atom is -0.370 e. The fourth-order valence-corrected chi connectivity index (χ4v) is 2.23. The highest BCUT2D eigenvalue weighted by Crippen LogP contribution is 2.46. The first kappa shape index (κ1) is 13.2. The van der Waals surface area contributed by atoms with Crippen LogP contribution in [0.4, 0.5) is 18.9 Å². The molecule has 0 atom stereocenters. The van der Waals surface area contributed by atoms with Gasteiger partial charge in [0.25, 0.3) is 0 Å². The van der Waals surface area contributed by atoms with Crippen molar-refractivity contribution in [2.75, 3.05) is 18.0 Å². The predicted octanol–water partition coefficient (Wildman–Crippen LogP) is 4.20. The van der Waals surface area contributed by atoms with Crippen LogP contribution >= 0.6 is 0 Å². The van der Waals surface area contributed by atoms with Crippen LogP contribution in [0.1, 0.15) is 32.3 Å². The van der Waals surface area contributed by atoms with E-state index in [9.17, 15) is 13.2 Å². The monoisotopic (exact) mass is 257 g/mol. The molecule has 2 rings (SSSR count). The van der Waals surface area contributed by atoms with Crippen LogP contribution in [0.15, 0.2) is 24.3 Å². The summed E-state index contributed by atoms with van der Waals surface area (Å²) in [6.07, 6.45) is -4.11. The van der Waals surface area contributed by atoms with Gasteiger partial charge in [-0.05, 0) is 30.5 Å². The fourth-order valence-electron chi connectivity index (χ4n) is 2.23. The normalized spacial score (nSPS) is 18.9. The molecule has 1 saturated heterocycles. The third-order valence-corrected chi connectivity index (χ3v) is 3.69. The van der Waals surface area contributed by atoms with Gasteiger partial charge in [0.15, 0.2) is 0 Å². The van der Waals surface area contributed by atoms with Crippen LogP contribution in [-0.4, -0.2) is 19.3 Å². The minimum atomic E-state index is -4.11. The Hall–Kier alpha value is -1.19. The first-order valence-electron chi connectivity index (χ1n) is 6.14. The van der Waals surface area contributed by atoms with Gasteiger partial charge in [-0.3, -0.25) is 0 Å². The predicted molar refractivity (Wildman–Crippen MR) is 66.9 cm³/mol. The number of benzene rings is 1. The van der Waals surface area contributed by atoms with Gasteiger partial charge in [-0.2, -0.15) is 13.2 Å². The van der Waals surface area contributed by atoms with Crippen LogP contribution in [0.25, 0.3) is 0 Å². The Bertz CT molecular complexity index is 414. The highest BCUT2D eigenvalue weighted by molar-refractivity contribution is 5.51. The first-order chi connectivity index (χ1) is 8.23. The molecule has 0 spiro atoms. The van der Waals surface area contributed by atoms with Gasteiger partial charge in [0.05, 0.1) is 5.41 Å². The lowest BCUT2D eigenvalue weighted by atomic mass is 9.81. The van der Waals surface area contributed by atoms with Gasteiger partial charge in [-0.15, -0.1) is 0 Å². The van der Waals surface area contributed by atoms with Crippen LogP contribution in [-0.2, 0) is 0 Å². The smallest absolute Gasteiger partial charge is 0.370 e. The molecule has 1 aliphatic heterocycles. The molecule has 0 radical (unpaired) electrons. The zero-order valence-electron chi connectivity index (χ0n) is 10.9. The Morgan fingerprint density at radius 2 is 1.61 bits per heavy atom. The highest BCUT2D eigenvalue weighted by Gasteiger charge is 2.58. The van der Waals surface area contributed by atoms with Crippen LogP contribution in [0.3, 0.4) is 0 Å². The summed E-state index contributed by atoms with van der Waals surface area (Å²) in [4.78, 5) is 1.78. The van der Waals surface area contributed by atoms with Crippen molar-refractivity contribution >= 4 is 5.69 Å². The SMILES string of the molecule is CC(C)c1ccc(N2CC(C)(C(F)(F)F)C2)cc1. The summed E-state index contributed by atoms with van der Waals surface area (Å²) in [5, 5.41) is 0. The van der Waals surface area contributed by atoms with Crippen molar-refractivity contribution in [3.8, 4) is 0 Å². The summed E-state index contributed by atoms with van der Waals surface area (Å²) >= 11 is 0. The van der Waals surface area contributed by atoms with Gasteiger partial charge < -0.3 is 4.90 Å². The van der Waals surface area contributed by atoms with Crippen molar-refractivity contribution < 1.29 is 13.2 Å². The molecule has 4 heteroatoms. The van der Waals surface area contributed by atoms with E-state index in [2.05, 4.69) is 13.8 Å². The molecule has 1 aromatic rings. The molecule has 0 aliphatic carbocycles. The molecule has 100 valence electrons. The Labute approximate surface area is 106 Å². The summed E-state index contributed by atoms with van der Waals surface area (Å²) in [7, 11) is 0. The lowest BCUT2D eigenvalue weighted by Gasteiger charge is -2.50. The summed E-state index contributed by atoms with van der Waals surface area (Å²) < 4.78 is 38.2. The Morgan fingerprint density at radius 1 is 1.11 bits per heavy atom. The van der Waals surface area contributed by atoms with E-state index < -0.39 is 11.6 Å². The average Bonchev–Trinajstić information content (AvgIpc) is 2.23. The molecule has 1 heterocycles. The fraction of sp³-hybridized carbons (Fsp3) is 0.571. The van der Waals surface area contributed by atoms with Crippen LogP contribution in [0.2, 0.25) is 0 Å². The maximum atomic E-state index is 12.7. The lowest BCUT2D eigenvalue weighted by molar-refractivity contribution is -0.225. The minimum absolute atomic E-state index is 0.0531. The topological polar surface area (TPSA) is 3.24 Å². The van der Waals surface area contributed by atoms with Crippen molar-refractivity contribution in [2.24, 2.45) is 5.41 Å². The molecule has 1 fully saturated rings. The third-order valence-electron chi connectivity index (χ3n) is 3.69. The van der Waals surface area contributed by atoms with Crippen LogP contribution < -0.4 is 4.90 Å². The van der Waals surface area contributed by atoms with E-state index in [1.54, 1.807) is 4.90 Å². The van der Waals surface area contributed by atoms with Crippen molar-refractivity contribution in [1.82, 2.24) is 0 Å². The maximum absolute atomic E-state index is 12.7. The molecule has 0 unspecified atom stereocenters. The largest absolute Gasteiger partial charge is 0.397 e. The first-order valence-corrected chi connectivity index (χ1v) is 6.14. The van der Waals surface area contributed by atoms with Crippen molar-refractivity contribution in [1.29, 1.82) is 0 Å². The number of hydrogen-bond acceptors (Lipinski definition) is 1. The van der Waals surface area contributed by atoms with E-state index in [0.717, 1.165) is 5.69 Å². The Morgan fingerprint density at radius 3 is 2.00 bits per heavy atom. The van der Waals surface area contributed by atoms with E-state index >= 15 is 0 Å². The summed E-state index contributed by atoms with van der Waals surface area (Å²) in [6, 6.07) is 7.79. The number of nitrogens with zero attached hydrogens (tertiary/aromatic N) is 1.